The molecule has 0 radical (unpaired) electrons. The second-order valence-electron chi connectivity index (χ2n) is 3.24. The molecule has 0 aliphatic heterocycles. The molecule has 16 heavy (non-hydrogen) atoms. The van der Waals surface area contributed by atoms with Crippen LogP contribution in [0.4, 0.5) is 0 Å². The highest BCUT2D eigenvalue weighted by Crippen LogP contribution is 2.23. The molecule has 88 valence electrons. The van der Waals surface area contributed by atoms with Gasteiger partial charge in [0, 0.05) is 14.1 Å². The second-order valence-corrected chi connectivity index (χ2v) is 3.24. The lowest BCUT2D eigenvalue weighted by Gasteiger charge is -2.18. The Kier molecular flexibility index (Phi) is 2.35. The molecule has 0 aromatic carbocycles. The quantitative estimate of drug-likeness (QED) is 0.728. The molecule has 2 aromatic heterocycles. The summed E-state index contributed by atoms with van der Waals surface area (Å²) in [5.41, 5.74) is 0.0757. The smallest absolute Gasteiger partial charge is 0.367 e. The van der Waals surface area contributed by atoms with Crippen molar-refractivity contribution in [1.29, 1.82) is 0 Å². The van der Waals surface area contributed by atoms with Gasteiger partial charge in [0.2, 0.25) is 0 Å². The fraction of sp³-hybridized carbons (Fsp3) is 0.500. The Morgan fingerprint density at radius 1 is 1.50 bits per heavy atom. The molecular formula is C8H12N4O4. The Labute approximate surface area is 90.2 Å². The van der Waals surface area contributed by atoms with Gasteiger partial charge in [-0.3, -0.25) is 0 Å². The summed E-state index contributed by atoms with van der Waals surface area (Å²) in [5, 5.41) is 12.8. The maximum Gasteiger partial charge on any atom is 0.367 e. The number of hydrogen-bond donors (Lipinski definition) is 1. The van der Waals surface area contributed by atoms with E-state index in [1.807, 2.05) is 0 Å². The van der Waals surface area contributed by atoms with Crippen LogP contribution < -0.4 is 10.4 Å². The molecular weight excluding hydrogens is 216 g/mol. The molecule has 0 aliphatic rings. The topological polar surface area (TPSA) is 87.4 Å². The minimum atomic E-state index is -0.316. The van der Waals surface area contributed by atoms with Gasteiger partial charge in [0.15, 0.2) is 0 Å². The van der Waals surface area contributed by atoms with Crippen molar-refractivity contribution >= 4 is 0 Å². The number of aromatic nitrogens is 4. The number of aliphatic hydroxyl groups excluding tert-OH is 1. The Morgan fingerprint density at radius 2 is 2.19 bits per heavy atom. The Hall–Kier alpha value is -1.96. The summed E-state index contributed by atoms with van der Waals surface area (Å²) in [4.78, 5) is 13.1. The minimum absolute atomic E-state index is 0.171. The molecule has 0 saturated heterocycles. The lowest BCUT2D eigenvalue weighted by Crippen LogP contribution is -2.47. The molecule has 2 rings (SSSR count). The number of aliphatic hydroxyl groups is 1. The normalized spacial score (nSPS) is 11.0. The third kappa shape index (κ3) is 1.20. The predicted octanol–water partition coefficient (Wildman–Crippen LogP) is -0.997. The zero-order valence-corrected chi connectivity index (χ0v) is 9.17. The van der Waals surface area contributed by atoms with E-state index in [-0.39, 0.29) is 24.1 Å². The van der Waals surface area contributed by atoms with Gasteiger partial charge in [-0.05, 0) is 5.16 Å². The van der Waals surface area contributed by atoms with Crippen molar-refractivity contribution in [2.75, 3.05) is 7.11 Å². The summed E-state index contributed by atoms with van der Waals surface area (Å²) < 4.78 is 12.5. The van der Waals surface area contributed by atoms with Crippen LogP contribution in [0.1, 0.15) is 5.56 Å². The number of hydrogen-bond acceptors (Lipinski definition) is 5. The number of methoxy groups -OCH3 is 1. The van der Waals surface area contributed by atoms with Crippen molar-refractivity contribution in [2.24, 2.45) is 14.1 Å². The fourth-order valence-electron chi connectivity index (χ4n) is 1.45. The van der Waals surface area contributed by atoms with Crippen molar-refractivity contribution < 1.29 is 14.4 Å². The van der Waals surface area contributed by atoms with E-state index in [2.05, 4.69) is 5.16 Å². The maximum atomic E-state index is 11.5. The molecule has 2 heterocycles. The summed E-state index contributed by atoms with van der Waals surface area (Å²) >= 11 is 0. The molecule has 8 heteroatoms. The molecule has 0 saturated carbocycles. The summed E-state index contributed by atoms with van der Waals surface area (Å²) in [7, 11) is 4.71. The summed E-state index contributed by atoms with van der Waals surface area (Å²) in [6.45, 7) is -0.316. The van der Waals surface area contributed by atoms with E-state index >= 15 is 0 Å². The van der Waals surface area contributed by atoms with E-state index in [0.717, 1.165) is 0 Å². The van der Waals surface area contributed by atoms with Crippen LogP contribution in [0.15, 0.2) is 9.32 Å². The zero-order valence-electron chi connectivity index (χ0n) is 9.17. The molecule has 0 fully saturated rings. The Bertz CT molecular complexity index is 558. The first-order valence-corrected chi connectivity index (χ1v) is 4.56. The van der Waals surface area contributed by atoms with Crippen LogP contribution in [0.5, 0.6) is 5.88 Å². The van der Waals surface area contributed by atoms with Crippen molar-refractivity contribution in [3.8, 4) is 11.8 Å². The largest absolute Gasteiger partial charge is 0.479 e. The van der Waals surface area contributed by atoms with Crippen LogP contribution in [0.25, 0.3) is 5.88 Å². The van der Waals surface area contributed by atoms with E-state index in [1.54, 1.807) is 14.1 Å². The fourth-order valence-corrected chi connectivity index (χ4v) is 1.45. The Morgan fingerprint density at radius 3 is 2.69 bits per heavy atom. The van der Waals surface area contributed by atoms with Gasteiger partial charge in [-0.25, -0.2) is 14.3 Å². The van der Waals surface area contributed by atoms with Gasteiger partial charge in [-0.15, -0.1) is 4.68 Å². The molecule has 0 atom stereocenters. The van der Waals surface area contributed by atoms with Gasteiger partial charge in [0.1, 0.15) is 5.56 Å². The van der Waals surface area contributed by atoms with Crippen molar-refractivity contribution in [3.63, 3.8) is 0 Å². The van der Waals surface area contributed by atoms with E-state index in [4.69, 9.17) is 9.26 Å². The average Bonchev–Trinajstić information content (AvgIpc) is 2.71. The first kappa shape index (κ1) is 10.6. The first-order valence-electron chi connectivity index (χ1n) is 4.56. The van der Waals surface area contributed by atoms with Gasteiger partial charge in [0.25, 0.3) is 11.8 Å². The summed E-state index contributed by atoms with van der Waals surface area (Å²) in [5.74, 6) is 0.346. The van der Waals surface area contributed by atoms with E-state index in [0.29, 0.717) is 5.56 Å². The van der Waals surface area contributed by atoms with Crippen LogP contribution in [0.2, 0.25) is 0 Å². The summed E-state index contributed by atoms with van der Waals surface area (Å²) in [6.07, 6.45) is 0. The van der Waals surface area contributed by atoms with Gasteiger partial charge >= 0.3 is 5.69 Å². The van der Waals surface area contributed by atoms with Crippen molar-refractivity contribution in [3.05, 3.63) is 16.0 Å². The Balaban J connectivity index is 2.58. The van der Waals surface area contributed by atoms with Crippen LogP contribution in [0, 0.1) is 0 Å². The van der Waals surface area contributed by atoms with E-state index in [9.17, 15) is 9.90 Å². The van der Waals surface area contributed by atoms with E-state index < -0.39 is 0 Å². The molecule has 8 nitrogen and oxygen atoms in total. The lowest BCUT2D eigenvalue weighted by atomic mass is 10.3. The van der Waals surface area contributed by atoms with Crippen LogP contribution >= 0.6 is 0 Å². The van der Waals surface area contributed by atoms with Gasteiger partial charge in [0.05, 0.1) is 13.7 Å². The molecule has 0 bridgehead atoms. The highest BCUT2D eigenvalue weighted by molar-refractivity contribution is 5.36. The van der Waals surface area contributed by atoms with E-state index in [1.165, 1.54) is 21.3 Å². The SMILES string of the molecule is COc1noc(-n2c(=O)n(C)n2C)c1CO. The monoisotopic (exact) mass is 228 g/mol. The highest BCUT2D eigenvalue weighted by Gasteiger charge is 2.23. The molecule has 2 aromatic rings. The average molecular weight is 228 g/mol. The van der Waals surface area contributed by atoms with Crippen molar-refractivity contribution in [1.82, 2.24) is 19.3 Å². The number of rotatable bonds is 3. The standard InChI is InChI=1S/C8H12N4O4/c1-10-8(14)12(11(10)2)7-5(4-13)6(15-3)9-16-7/h13H,4H2,1-3H3. The van der Waals surface area contributed by atoms with Crippen LogP contribution in [0.3, 0.4) is 0 Å². The maximum absolute atomic E-state index is 11.5. The molecule has 1 N–H and O–H groups in total. The number of ether oxygens (including phenoxy) is 1. The summed E-state index contributed by atoms with van der Waals surface area (Å²) in [6, 6.07) is 0. The molecule has 0 spiro atoms. The molecule has 0 amide bonds. The number of nitrogens with zero attached hydrogens (tertiary/aromatic N) is 4. The van der Waals surface area contributed by atoms with Gasteiger partial charge < -0.3 is 14.4 Å². The predicted molar refractivity (Wildman–Crippen MR) is 52.5 cm³/mol. The lowest BCUT2D eigenvalue weighted by molar-refractivity contribution is 0.261. The van der Waals surface area contributed by atoms with Crippen molar-refractivity contribution in [2.45, 2.75) is 6.61 Å². The third-order valence-corrected chi connectivity index (χ3v) is 2.46. The second kappa shape index (κ2) is 3.56. The minimum Gasteiger partial charge on any atom is -0.479 e. The van der Waals surface area contributed by atoms with Crippen LogP contribution in [-0.4, -0.2) is 31.5 Å². The van der Waals surface area contributed by atoms with Gasteiger partial charge in [-0.2, -0.15) is 0 Å². The molecule has 0 aliphatic carbocycles. The van der Waals surface area contributed by atoms with Crippen LogP contribution in [-0.2, 0) is 20.7 Å². The first-order chi connectivity index (χ1) is 7.61. The zero-order chi connectivity index (χ0) is 11.9. The van der Waals surface area contributed by atoms with Gasteiger partial charge in [-0.1, -0.05) is 0 Å². The third-order valence-electron chi connectivity index (χ3n) is 2.46. The molecule has 0 unspecified atom stereocenters. The highest BCUT2D eigenvalue weighted by atomic mass is 16.5.